The van der Waals surface area contributed by atoms with Gasteiger partial charge in [-0.05, 0) is 49.7 Å². The first-order valence-electron chi connectivity index (χ1n) is 11.1. The van der Waals surface area contributed by atoms with E-state index in [1.807, 2.05) is 4.90 Å². The van der Waals surface area contributed by atoms with Crippen LogP contribution < -0.4 is 10.2 Å². The van der Waals surface area contributed by atoms with Crippen LogP contribution >= 0.6 is 0 Å². The monoisotopic (exact) mass is 473 g/mol. The number of pyridine rings is 1. The normalized spacial score (nSPS) is 14.9. The van der Waals surface area contributed by atoms with Crippen LogP contribution in [0.3, 0.4) is 0 Å². The molecule has 1 N–H and O–H groups in total. The van der Waals surface area contributed by atoms with Crippen LogP contribution in [0.4, 0.5) is 18.9 Å². The Bertz CT molecular complexity index is 1060. The molecule has 0 saturated carbocycles. The van der Waals surface area contributed by atoms with E-state index in [9.17, 15) is 18.0 Å². The number of nitrogens with one attached hydrogen (secondary N) is 1. The number of unbranched alkanes of at least 4 members (excludes halogenated alkanes) is 1. The van der Waals surface area contributed by atoms with Gasteiger partial charge in [0.1, 0.15) is 12.7 Å². The highest BCUT2D eigenvalue weighted by Crippen LogP contribution is 2.31. The molecule has 1 aromatic carbocycles. The van der Waals surface area contributed by atoms with Crippen molar-refractivity contribution in [1.82, 2.24) is 30.0 Å². The van der Waals surface area contributed by atoms with Crippen molar-refractivity contribution in [2.45, 2.75) is 19.0 Å². The maximum atomic E-state index is 13.0. The molecule has 2 aromatic heterocycles. The minimum Gasteiger partial charge on any atom is -0.369 e. The second-order valence-electron chi connectivity index (χ2n) is 8.08. The second-order valence-corrected chi connectivity index (χ2v) is 8.08. The van der Waals surface area contributed by atoms with E-state index in [-0.39, 0.29) is 5.91 Å². The van der Waals surface area contributed by atoms with Crippen molar-refractivity contribution >= 4 is 11.6 Å². The SMILES string of the molecule is O=C(NCCCCN1CCN(c2cccc(C(F)(F)F)c2)CC1)c1ccc(-n2cncn2)nc1. The highest BCUT2D eigenvalue weighted by Gasteiger charge is 2.31. The van der Waals surface area contributed by atoms with Gasteiger partial charge in [-0.3, -0.25) is 9.69 Å². The van der Waals surface area contributed by atoms with Crippen molar-refractivity contribution in [3.05, 3.63) is 66.4 Å². The van der Waals surface area contributed by atoms with Crippen molar-refractivity contribution in [2.24, 2.45) is 0 Å². The quantitative estimate of drug-likeness (QED) is 0.507. The lowest BCUT2D eigenvalue weighted by atomic mass is 10.1. The maximum absolute atomic E-state index is 13.0. The summed E-state index contributed by atoms with van der Waals surface area (Å²) in [7, 11) is 0. The molecule has 3 heterocycles. The lowest BCUT2D eigenvalue weighted by Gasteiger charge is -2.36. The highest BCUT2D eigenvalue weighted by atomic mass is 19.4. The first-order valence-corrected chi connectivity index (χ1v) is 11.1. The van der Waals surface area contributed by atoms with Crippen LogP contribution in [0.2, 0.25) is 0 Å². The van der Waals surface area contributed by atoms with Crippen LogP contribution in [0.25, 0.3) is 5.82 Å². The molecular formula is C23H26F3N7O. The average molecular weight is 474 g/mol. The summed E-state index contributed by atoms with van der Waals surface area (Å²) < 4.78 is 40.4. The van der Waals surface area contributed by atoms with Crippen LogP contribution in [-0.4, -0.2) is 69.8 Å². The number of alkyl halides is 3. The molecule has 8 nitrogen and oxygen atoms in total. The topological polar surface area (TPSA) is 79.2 Å². The number of aromatic nitrogens is 4. The Morgan fingerprint density at radius 1 is 1.06 bits per heavy atom. The van der Waals surface area contributed by atoms with E-state index in [1.54, 1.807) is 18.2 Å². The van der Waals surface area contributed by atoms with Gasteiger partial charge in [-0.2, -0.15) is 18.3 Å². The number of benzene rings is 1. The smallest absolute Gasteiger partial charge is 0.369 e. The molecule has 34 heavy (non-hydrogen) atoms. The fourth-order valence-electron chi connectivity index (χ4n) is 3.86. The molecule has 4 rings (SSSR count). The number of hydrogen-bond acceptors (Lipinski definition) is 6. The van der Waals surface area contributed by atoms with Crippen molar-refractivity contribution in [1.29, 1.82) is 0 Å². The van der Waals surface area contributed by atoms with Gasteiger partial charge < -0.3 is 10.2 Å². The standard InChI is InChI=1S/C23H26F3N7O/c24-23(25,26)19-4-3-5-20(14-19)32-12-10-31(11-13-32)9-2-1-8-28-22(34)18-6-7-21(29-15-18)33-17-27-16-30-33/h3-7,14-17H,1-2,8-13H2,(H,28,34). The van der Waals surface area contributed by atoms with E-state index < -0.39 is 11.7 Å². The molecule has 1 aliphatic rings. The van der Waals surface area contributed by atoms with E-state index in [0.717, 1.165) is 38.5 Å². The number of halogens is 3. The zero-order valence-corrected chi connectivity index (χ0v) is 18.6. The van der Waals surface area contributed by atoms with Gasteiger partial charge in [-0.25, -0.2) is 14.6 Å². The summed E-state index contributed by atoms with van der Waals surface area (Å²) in [5, 5.41) is 6.90. The Hall–Kier alpha value is -3.47. The first kappa shape index (κ1) is 23.7. The van der Waals surface area contributed by atoms with Gasteiger partial charge in [-0.1, -0.05) is 6.07 Å². The molecule has 0 bridgehead atoms. The van der Waals surface area contributed by atoms with E-state index >= 15 is 0 Å². The van der Waals surface area contributed by atoms with Gasteiger partial charge in [0.15, 0.2) is 5.82 Å². The Morgan fingerprint density at radius 3 is 2.56 bits per heavy atom. The molecule has 0 spiro atoms. The Labute approximate surface area is 195 Å². The van der Waals surface area contributed by atoms with Gasteiger partial charge in [-0.15, -0.1) is 0 Å². The molecule has 3 aromatic rings. The largest absolute Gasteiger partial charge is 0.416 e. The molecule has 0 unspecified atom stereocenters. The van der Waals surface area contributed by atoms with Crippen LogP contribution in [0.15, 0.2) is 55.2 Å². The summed E-state index contributed by atoms with van der Waals surface area (Å²) in [4.78, 5) is 24.7. The molecule has 180 valence electrons. The van der Waals surface area contributed by atoms with Crippen molar-refractivity contribution in [3.8, 4) is 5.82 Å². The molecule has 11 heteroatoms. The van der Waals surface area contributed by atoms with E-state index in [1.165, 1.54) is 35.7 Å². The predicted octanol–water partition coefficient (Wildman–Crippen LogP) is 3.01. The summed E-state index contributed by atoms with van der Waals surface area (Å²) in [6, 6.07) is 8.91. The van der Waals surface area contributed by atoms with Crippen LogP contribution in [0.5, 0.6) is 0 Å². The minimum atomic E-state index is -4.33. The number of rotatable bonds is 8. The van der Waals surface area contributed by atoms with E-state index in [0.29, 0.717) is 36.7 Å². The predicted molar refractivity (Wildman–Crippen MR) is 121 cm³/mol. The van der Waals surface area contributed by atoms with E-state index in [4.69, 9.17) is 0 Å². The molecule has 1 saturated heterocycles. The summed E-state index contributed by atoms with van der Waals surface area (Å²) in [6.45, 7) is 4.43. The first-order chi connectivity index (χ1) is 16.4. The van der Waals surface area contributed by atoms with Crippen molar-refractivity contribution < 1.29 is 18.0 Å². The lowest BCUT2D eigenvalue weighted by Crippen LogP contribution is -2.46. The van der Waals surface area contributed by atoms with Crippen LogP contribution in [0.1, 0.15) is 28.8 Å². The Morgan fingerprint density at radius 2 is 1.88 bits per heavy atom. The summed E-state index contributed by atoms with van der Waals surface area (Å²) in [6.07, 6.45) is 1.89. The minimum absolute atomic E-state index is 0.174. The summed E-state index contributed by atoms with van der Waals surface area (Å²) in [5.74, 6) is 0.412. The summed E-state index contributed by atoms with van der Waals surface area (Å²) >= 11 is 0. The Balaban J connectivity index is 1.14. The molecule has 1 fully saturated rings. The molecular weight excluding hydrogens is 447 g/mol. The molecule has 0 aliphatic carbocycles. The molecule has 1 amide bonds. The van der Waals surface area contributed by atoms with E-state index in [2.05, 4.69) is 25.3 Å². The number of anilines is 1. The number of carbonyl (C=O) groups is 1. The third-order valence-corrected chi connectivity index (χ3v) is 5.76. The molecule has 0 atom stereocenters. The molecule has 0 radical (unpaired) electrons. The number of piperazine rings is 1. The Kier molecular flexibility index (Phi) is 7.41. The van der Waals surface area contributed by atoms with Crippen molar-refractivity contribution in [2.75, 3.05) is 44.2 Å². The van der Waals surface area contributed by atoms with Crippen LogP contribution in [-0.2, 0) is 6.18 Å². The van der Waals surface area contributed by atoms with Crippen molar-refractivity contribution in [3.63, 3.8) is 0 Å². The zero-order chi connectivity index (χ0) is 24.0. The number of nitrogens with zero attached hydrogens (tertiary/aromatic N) is 6. The fraction of sp³-hybridized carbons (Fsp3) is 0.391. The van der Waals surface area contributed by atoms with Gasteiger partial charge in [0.25, 0.3) is 5.91 Å². The number of carbonyl (C=O) groups excluding carboxylic acids is 1. The highest BCUT2D eigenvalue weighted by molar-refractivity contribution is 5.93. The third-order valence-electron chi connectivity index (χ3n) is 5.76. The molecule has 1 aliphatic heterocycles. The third kappa shape index (κ3) is 6.10. The maximum Gasteiger partial charge on any atom is 0.416 e. The lowest BCUT2D eigenvalue weighted by molar-refractivity contribution is -0.137. The van der Waals surface area contributed by atoms with Crippen LogP contribution in [0, 0.1) is 0 Å². The van der Waals surface area contributed by atoms with Gasteiger partial charge in [0, 0.05) is 44.6 Å². The number of hydrogen-bond donors (Lipinski definition) is 1. The van der Waals surface area contributed by atoms with Gasteiger partial charge in [0.05, 0.1) is 11.1 Å². The second kappa shape index (κ2) is 10.6. The number of amides is 1. The summed E-state index contributed by atoms with van der Waals surface area (Å²) in [5.41, 5.74) is 0.479. The fourth-order valence-corrected chi connectivity index (χ4v) is 3.86. The van der Waals surface area contributed by atoms with Gasteiger partial charge in [0.2, 0.25) is 0 Å². The average Bonchev–Trinajstić information content (AvgIpc) is 3.39. The van der Waals surface area contributed by atoms with Gasteiger partial charge >= 0.3 is 6.18 Å². The zero-order valence-electron chi connectivity index (χ0n) is 18.6.